The van der Waals surface area contributed by atoms with Crippen LogP contribution in [0, 0.1) is 6.92 Å². The molecular weight excluding hydrogens is 509 g/mol. The molecule has 180 valence electrons. The average Bonchev–Trinajstić information content (AvgIpc) is 2.81. The molecule has 8 heteroatoms. The van der Waals surface area contributed by atoms with Crippen LogP contribution in [0.5, 0.6) is 0 Å². The van der Waals surface area contributed by atoms with Gasteiger partial charge in [-0.05, 0) is 0 Å². The SMILES string of the molecule is CCN(Cc1ccccn1)C(=O)C[As](c1ccc(C)nc1)S(=O)(=O)c1ccc(C(C)(C)C)cc1. The fourth-order valence-electron chi connectivity index (χ4n) is 3.46. The maximum absolute atomic E-state index is 13.8. The Morgan fingerprint density at radius 1 is 1.00 bits per heavy atom. The Hall–Kier alpha value is -2.50. The zero-order valence-electron chi connectivity index (χ0n) is 20.4. The standard InChI is InChI=1S/C26H32AsN3O3S/c1-6-30(19-23-9-7-8-16-28-23)25(31)17-27(22-13-10-20(2)29-18-22)34(32,33)24-14-11-21(12-15-24)26(3,4)5/h7-16,18H,6,17,19H2,1-5H3. The van der Waals surface area contributed by atoms with Gasteiger partial charge in [0.1, 0.15) is 0 Å². The molecule has 0 bridgehead atoms. The Bertz CT molecular complexity index is 1210. The van der Waals surface area contributed by atoms with Gasteiger partial charge in [0.05, 0.1) is 0 Å². The molecule has 3 aromatic rings. The summed E-state index contributed by atoms with van der Waals surface area (Å²) in [5.74, 6) is -0.177. The molecule has 0 aliphatic carbocycles. The Kier molecular flexibility index (Phi) is 8.32. The van der Waals surface area contributed by atoms with E-state index in [1.165, 1.54) is 0 Å². The van der Waals surface area contributed by atoms with Crippen molar-refractivity contribution in [3.63, 3.8) is 0 Å². The number of aromatic nitrogens is 2. The van der Waals surface area contributed by atoms with E-state index in [0.717, 1.165) is 17.0 Å². The topological polar surface area (TPSA) is 80.2 Å². The van der Waals surface area contributed by atoms with Crippen molar-refractivity contribution in [2.75, 3.05) is 6.54 Å². The second-order valence-corrected chi connectivity index (χ2v) is 19.2. The first-order valence-electron chi connectivity index (χ1n) is 11.3. The van der Waals surface area contributed by atoms with E-state index in [9.17, 15) is 13.2 Å². The molecule has 0 aliphatic rings. The van der Waals surface area contributed by atoms with Crippen LogP contribution in [0.2, 0.25) is 5.21 Å². The number of hydrogen-bond acceptors (Lipinski definition) is 5. The van der Waals surface area contributed by atoms with Crippen LogP contribution in [0.4, 0.5) is 0 Å². The van der Waals surface area contributed by atoms with Gasteiger partial charge in [-0.15, -0.1) is 0 Å². The van der Waals surface area contributed by atoms with Crippen molar-refractivity contribution >= 4 is 31.9 Å². The summed E-state index contributed by atoms with van der Waals surface area (Å²) in [5, 5.41) is -0.0260. The van der Waals surface area contributed by atoms with E-state index >= 15 is 0 Å². The van der Waals surface area contributed by atoms with Crippen molar-refractivity contribution < 1.29 is 13.2 Å². The van der Waals surface area contributed by atoms with Crippen molar-refractivity contribution in [3.05, 3.63) is 83.9 Å². The van der Waals surface area contributed by atoms with Gasteiger partial charge in [0.15, 0.2) is 0 Å². The number of aryl methyl sites for hydroxylation is 1. The third-order valence-electron chi connectivity index (χ3n) is 5.58. The van der Waals surface area contributed by atoms with Crippen molar-refractivity contribution in [2.24, 2.45) is 0 Å². The molecule has 34 heavy (non-hydrogen) atoms. The third kappa shape index (κ3) is 6.33. The molecule has 6 nitrogen and oxygen atoms in total. The first-order valence-corrected chi connectivity index (χ1v) is 17.3. The Morgan fingerprint density at radius 3 is 2.24 bits per heavy atom. The minimum atomic E-state index is -3.70. The molecule has 0 fully saturated rings. The zero-order valence-corrected chi connectivity index (χ0v) is 23.1. The van der Waals surface area contributed by atoms with Gasteiger partial charge in [-0.2, -0.15) is 0 Å². The van der Waals surface area contributed by atoms with Crippen LogP contribution in [0.15, 0.2) is 71.9 Å². The quantitative estimate of drug-likeness (QED) is 0.406. The van der Waals surface area contributed by atoms with E-state index in [-0.39, 0.29) is 21.4 Å². The normalized spacial score (nSPS) is 12.9. The predicted octanol–water partition coefficient (Wildman–Crippen LogP) is 3.80. The fourth-order valence-corrected chi connectivity index (χ4v) is 13.2. The third-order valence-corrected chi connectivity index (χ3v) is 16.7. The number of amides is 1. The van der Waals surface area contributed by atoms with Gasteiger partial charge >= 0.3 is 207 Å². The molecule has 1 unspecified atom stereocenters. The summed E-state index contributed by atoms with van der Waals surface area (Å²) < 4.78 is 28.3. The van der Waals surface area contributed by atoms with Gasteiger partial charge in [-0.3, -0.25) is 0 Å². The van der Waals surface area contributed by atoms with Gasteiger partial charge < -0.3 is 0 Å². The Balaban J connectivity index is 1.95. The second-order valence-electron chi connectivity index (χ2n) is 9.17. The number of benzene rings is 1. The van der Waals surface area contributed by atoms with Crippen LogP contribution in [-0.2, 0) is 24.9 Å². The molecule has 1 atom stereocenters. The number of pyridine rings is 2. The maximum atomic E-state index is 13.8. The minimum absolute atomic E-state index is 0.0260. The number of rotatable bonds is 8. The van der Waals surface area contributed by atoms with Gasteiger partial charge in [0.2, 0.25) is 0 Å². The van der Waals surface area contributed by atoms with E-state index in [1.807, 2.05) is 56.3 Å². The van der Waals surface area contributed by atoms with Crippen LogP contribution >= 0.6 is 0 Å². The number of hydrogen-bond donors (Lipinski definition) is 0. The van der Waals surface area contributed by atoms with E-state index < -0.39 is 21.6 Å². The molecule has 2 heterocycles. The molecule has 1 aromatic carbocycles. The molecule has 2 aromatic heterocycles. The van der Waals surface area contributed by atoms with Crippen molar-refractivity contribution in [1.29, 1.82) is 0 Å². The monoisotopic (exact) mass is 541 g/mol. The second kappa shape index (κ2) is 10.8. The van der Waals surface area contributed by atoms with Crippen molar-refractivity contribution in [3.8, 4) is 0 Å². The van der Waals surface area contributed by atoms with Gasteiger partial charge in [-0.25, -0.2) is 0 Å². The molecule has 0 saturated carbocycles. The van der Waals surface area contributed by atoms with E-state index in [1.54, 1.807) is 29.4 Å². The first-order chi connectivity index (χ1) is 16.0. The van der Waals surface area contributed by atoms with Gasteiger partial charge in [0.25, 0.3) is 0 Å². The summed E-state index contributed by atoms with van der Waals surface area (Å²) in [6.07, 6.45) is 3.31. The molecular formula is C26H32AsN3O3S. The molecule has 3 rings (SSSR count). The van der Waals surface area contributed by atoms with Crippen LogP contribution in [0.1, 0.15) is 44.6 Å². The van der Waals surface area contributed by atoms with Crippen LogP contribution in [0.3, 0.4) is 0 Å². The predicted molar refractivity (Wildman–Crippen MR) is 137 cm³/mol. The molecule has 0 saturated heterocycles. The fraction of sp³-hybridized carbons (Fsp3) is 0.346. The zero-order chi connectivity index (χ0) is 24.9. The summed E-state index contributed by atoms with van der Waals surface area (Å²) in [6, 6.07) is 16.3. The summed E-state index contributed by atoms with van der Waals surface area (Å²) in [5.41, 5.74) is 2.56. The van der Waals surface area contributed by atoms with Gasteiger partial charge in [0, 0.05) is 0 Å². The number of carbonyl (C=O) groups excluding carboxylic acids is 1. The van der Waals surface area contributed by atoms with Crippen LogP contribution in [-0.4, -0.2) is 49.2 Å². The molecule has 0 spiro atoms. The van der Waals surface area contributed by atoms with Crippen molar-refractivity contribution in [1.82, 2.24) is 14.9 Å². The average molecular weight is 542 g/mol. The summed E-state index contributed by atoms with van der Waals surface area (Å²) in [6.45, 7) is 10.8. The van der Waals surface area contributed by atoms with Gasteiger partial charge in [-0.1, -0.05) is 0 Å². The number of nitrogens with zero attached hydrogens (tertiary/aromatic N) is 3. The number of carbonyl (C=O) groups is 1. The van der Waals surface area contributed by atoms with Crippen molar-refractivity contribution in [2.45, 2.75) is 56.7 Å². The van der Waals surface area contributed by atoms with Crippen LogP contribution < -0.4 is 4.35 Å². The molecule has 1 amide bonds. The van der Waals surface area contributed by atoms with E-state index in [2.05, 4.69) is 30.7 Å². The molecule has 0 N–H and O–H groups in total. The molecule has 0 radical (unpaired) electrons. The van der Waals surface area contributed by atoms with E-state index in [4.69, 9.17) is 0 Å². The Morgan fingerprint density at radius 2 is 1.71 bits per heavy atom. The first kappa shape index (κ1) is 26.1. The van der Waals surface area contributed by atoms with E-state index in [0.29, 0.717) is 17.4 Å². The summed E-state index contributed by atoms with van der Waals surface area (Å²) >= 11 is -2.93. The van der Waals surface area contributed by atoms with Crippen LogP contribution in [0.25, 0.3) is 0 Å². The Labute approximate surface area is 206 Å². The molecule has 0 aliphatic heterocycles. The summed E-state index contributed by atoms with van der Waals surface area (Å²) in [4.78, 5) is 23.9. The summed E-state index contributed by atoms with van der Waals surface area (Å²) in [7, 11) is -3.70.